The molecule has 3 aromatic heterocycles. The van der Waals surface area contributed by atoms with Crippen LogP contribution in [0.3, 0.4) is 0 Å². The number of hydrogen-bond donors (Lipinski definition) is 1. The summed E-state index contributed by atoms with van der Waals surface area (Å²) in [5, 5.41) is 4.57. The van der Waals surface area contributed by atoms with Crippen molar-refractivity contribution < 1.29 is 0 Å². The third-order valence-corrected chi connectivity index (χ3v) is 3.06. The SMILES string of the molecule is Cc1nc2n(C)c(-c3cccnc3)nn2c1CN. The number of nitrogens with two attached hydrogens (primary N) is 1. The van der Waals surface area contributed by atoms with Gasteiger partial charge in [-0.25, -0.2) is 4.98 Å². The van der Waals surface area contributed by atoms with E-state index in [4.69, 9.17) is 5.73 Å². The van der Waals surface area contributed by atoms with E-state index in [-0.39, 0.29) is 0 Å². The van der Waals surface area contributed by atoms with Crippen LogP contribution in [0.15, 0.2) is 24.5 Å². The molecule has 92 valence electrons. The molecule has 0 aliphatic heterocycles. The zero-order chi connectivity index (χ0) is 12.7. The fraction of sp³-hybridized carbons (Fsp3) is 0.250. The van der Waals surface area contributed by atoms with E-state index in [1.165, 1.54) is 0 Å². The first-order valence-corrected chi connectivity index (χ1v) is 5.73. The average molecular weight is 242 g/mol. The molecule has 0 atom stereocenters. The van der Waals surface area contributed by atoms with Gasteiger partial charge in [-0.05, 0) is 19.1 Å². The van der Waals surface area contributed by atoms with Crippen molar-refractivity contribution in [3.63, 3.8) is 0 Å². The highest BCUT2D eigenvalue weighted by Gasteiger charge is 2.16. The molecule has 3 rings (SSSR count). The van der Waals surface area contributed by atoms with Crippen LogP contribution < -0.4 is 5.73 Å². The maximum atomic E-state index is 5.74. The van der Waals surface area contributed by atoms with Crippen LogP contribution in [-0.4, -0.2) is 24.1 Å². The van der Waals surface area contributed by atoms with Gasteiger partial charge in [0.05, 0.1) is 11.4 Å². The highest BCUT2D eigenvalue weighted by molar-refractivity contribution is 5.57. The fourth-order valence-electron chi connectivity index (χ4n) is 2.10. The van der Waals surface area contributed by atoms with Crippen LogP contribution in [0.4, 0.5) is 0 Å². The monoisotopic (exact) mass is 242 g/mol. The van der Waals surface area contributed by atoms with E-state index in [0.29, 0.717) is 6.54 Å². The Hall–Kier alpha value is -2.21. The third-order valence-electron chi connectivity index (χ3n) is 3.06. The first kappa shape index (κ1) is 10.9. The maximum Gasteiger partial charge on any atom is 0.232 e. The number of pyridine rings is 1. The van der Waals surface area contributed by atoms with Gasteiger partial charge in [-0.2, -0.15) is 4.52 Å². The van der Waals surface area contributed by atoms with Crippen molar-refractivity contribution in [2.24, 2.45) is 12.8 Å². The lowest BCUT2D eigenvalue weighted by Gasteiger charge is -1.99. The van der Waals surface area contributed by atoms with E-state index in [1.54, 1.807) is 16.9 Å². The second kappa shape index (κ2) is 3.92. The van der Waals surface area contributed by atoms with Crippen molar-refractivity contribution in [2.75, 3.05) is 0 Å². The Morgan fingerprint density at radius 3 is 2.89 bits per heavy atom. The summed E-state index contributed by atoms with van der Waals surface area (Å²) in [5.74, 6) is 1.63. The first-order chi connectivity index (χ1) is 8.72. The van der Waals surface area contributed by atoms with Crippen molar-refractivity contribution >= 4 is 5.78 Å². The topological polar surface area (TPSA) is 74.0 Å². The lowest BCUT2D eigenvalue weighted by atomic mass is 10.3. The molecule has 0 aromatic carbocycles. The Morgan fingerprint density at radius 2 is 2.22 bits per heavy atom. The van der Waals surface area contributed by atoms with E-state index in [1.807, 2.05) is 30.7 Å². The van der Waals surface area contributed by atoms with E-state index >= 15 is 0 Å². The molecule has 0 spiro atoms. The van der Waals surface area contributed by atoms with Crippen LogP contribution in [-0.2, 0) is 13.6 Å². The van der Waals surface area contributed by atoms with Crippen molar-refractivity contribution in [1.29, 1.82) is 0 Å². The van der Waals surface area contributed by atoms with Gasteiger partial charge in [0.15, 0.2) is 5.82 Å². The molecule has 0 unspecified atom stereocenters. The van der Waals surface area contributed by atoms with Gasteiger partial charge in [0.25, 0.3) is 0 Å². The molecule has 0 bridgehead atoms. The summed E-state index contributed by atoms with van der Waals surface area (Å²) >= 11 is 0. The second-order valence-electron chi connectivity index (χ2n) is 4.18. The van der Waals surface area contributed by atoms with Gasteiger partial charge in [-0.15, -0.1) is 5.10 Å². The summed E-state index contributed by atoms with van der Waals surface area (Å²) in [5.41, 5.74) is 8.57. The highest BCUT2D eigenvalue weighted by Crippen LogP contribution is 2.19. The first-order valence-electron chi connectivity index (χ1n) is 5.73. The number of aryl methyl sites for hydroxylation is 2. The molecule has 6 nitrogen and oxygen atoms in total. The fourth-order valence-corrected chi connectivity index (χ4v) is 2.10. The molecule has 3 heterocycles. The van der Waals surface area contributed by atoms with Gasteiger partial charge in [0.2, 0.25) is 5.78 Å². The lowest BCUT2D eigenvalue weighted by molar-refractivity contribution is 0.859. The largest absolute Gasteiger partial charge is 0.325 e. The number of fused-ring (bicyclic) bond motifs is 1. The molecule has 2 N–H and O–H groups in total. The molecule has 0 saturated carbocycles. The predicted octanol–water partition coefficient (Wildman–Crippen LogP) is 0.897. The highest BCUT2D eigenvalue weighted by atomic mass is 15.4. The summed E-state index contributed by atoms with van der Waals surface area (Å²) in [7, 11) is 1.94. The lowest BCUT2D eigenvalue weighted by Crippen LogP contribution is -2.03. The van der Waals surface area contributed by atoms with E-state index in [9.17, 15) is 0 Å². The van der Waals surface area contributed by atoms with Gasteiger partial charge >= 0.3 is 0 Å². The Balaban J connectivity index is 2.27. The summed E-state index contributed by atoms with van der Waals surface area (Å²) < 4.78 is 3.75. The molecular formula is C12H14N6. The van der Waals surface area contributed by atoms with Crippen LogP contribution >= 0.6 is 0 Å². The van der Waals surface area contributed by atoms with Gasteiger partial charge in [0, 0.05) is 31.5 Å². The molecule has 0 aliphatic carbocycles. The molecule has 0 radical (unpaired) electrons. The Labute approximate surface area is 104 Å². The second-order valence-corrected chi connectivity index (χ2v) is 4.18. The van der Waals surface area contributed by atoms with Crippen molar-refractivity contribution in [1.82, 2.24) is 24.1 Å². The van der Waals surface area contributed by atoms with Crippen LogP contribution in [0.2, 0.25) is 0 Å². The quantitative estimate of drug-likeness (QED) is 0.724. The zero-order valence-corrected chi connectivity index (χ0v) is 10.3. The van der Waals surface area contributed by atoms with Gasteiger partial charge < -0.3 is 5.73 Å². The minimum absolute atomic E-state index is 0.427. The molecular weight excluding hydrogens is 228 g/mol. The minimum Gasteiger partial charge on any atom is -0.325 e. The normalized spacial score (nSPS) is 11.3. The van der Waals surface area contributed by atoms with Gasteiger partial charge in [-0.3, -0.25) is 9.55 Å². The third kappa shape index (κ3) is 1.42. The molecule has 0 amide bonds. The maximum absolute atomic E-state index is 5.74. The van der Waals surface area contributed by atoms with E-state index in [0.717, 1.165) is 28.6 Å². The van der Waals surface area contributed by atoms with E-state index < -0.39 is 0 Å². The molecule has 3 aromatic rings. The van der Waals surface area contributed by atoms with Crippen molar-refractivity contribution in [3.8, 4) is 11.4 Å². The van der Waals surface area contributed by atoms with Crippen LogP contribution in [0.25, 0.3) is 17.2 Å². The van der Waals surface area contributed by atoms with Crippen LogP contribution in [0.1, 0.15) is 11.4 Å². The Kier molecular flexibility index (Phi) is 2.38. The number of nitrogens with zero attached hydrogens (tertiary/aromatic N) is 5. The molecule has 0 aliphatic rings. The Morgan fingerprint density at radius 1 is 1.39 bits per heavy atom. The molecule has 0 fully saturated rings. The predicted molar refractivity (Wildman–Crippen MR) is 67.8 cm³/mol. The zero-order valence-electron chi connectivity index (χ0n) is 10.3. The van der Waals surface area contributed by atoms with Crippen LogP contribution in [0, 0.1) is 6.92 Å². The molecule has 18 heavy (non-hydrogen) atoms. The molecule has 6 heteroatoms. The summed E-state index contributed by atoms with van der Waals surface area (Å²) in [6.45, 7) is 2.37. The summed E-state index contributed by atoms with van der Waals surface area (Å²) in [6.07, 6.45) is 3.53. The summed E-state index contributed by atoms with van der Waals surface area (Å²) in [6, 6.07) is 3.87. The summed E-state index contributed by atoms with van der Waals surface area (Å²) in [4.78, 5) is 8.60. The smallest absolute Gasteiger partial charge is 0.232 e. The van der Waals surface area contributed by atoms with Gasteiger partial charge in [-0.1, -0.05) is 0 Å². The van der Waals surface area contributed by atoms with Crippen molar-refractivity contribution in [2.45, 2.75) is 13.5 Å². The van der Waals surface area contributed by atoms with Crippen molar-refractivity contribution in [3.05, 3.63) is 35.9 Å². The minimum atomic E-state index is 0.427. The number of rotatable bonds is 2. The standard InChI is InChI=1S/C12H14N6/c1-8-10(6-13)18-12(15-8)17(2)11(16-18)9-4-3-5-14-7-9/h3-5,7H,6,13H2,1-2H3. The Bertz CT molecular complexity index is 694. The molecule has 0 saturated heterocycles. The van der Waals surface area contributed by atoms with Crippen LogP contribution in [0.5, 0.6) is 0 Å². The number of imidazole rings is 1. The van der Waals surface area contributed by atoms with E-state index in [2.05, 4.69) is 15.1 Å². The average Bonchev–Trinajstić information content (AvgIpc) is 2.87. The number of hydrogen-bond acceptors (Lipinski definition) is 4. The number of aromatic nitrogens is 5. The van der Waals surface area contributed by atoms with Gasteiger partial charge in [0.1, 0.15) is 0 Å².